The molecule has 1 unspecified atom stereocenters. The van der Waals surface area contributed by atoms with Crippen molar-refractivity contribution in [3.63, 3.8) is 0 Å². The number of non-ortho nitro benzene ring substituents is 1. The zero-order valence-electron chi connectivity index (χ0n) is 11.9. The second-order valence-electron chi connectivity index (χ2n) is 4.18. The SMILES string of the molecule is CCNC(CCOc1cc([N+](=O)[O-])ccc1OC)C(=O)O. The molecule has 0 heterocycles. The molecular weight excluding hydrogens is 280 g/mol. The summed E-state index contributed by atoms with van der Waals surface area (Å²) in [5.41, 5.74) is -0.118. The fourth-order valence-electron chi connectivity index (χ4n) is 1.74. The first-order valence-corrected chi connectivity index (χ1v) is 6.41. The summed E-state index contributed by atoms with van der Waals surface area (Å²) in [5.74, 6) is -0.394. The second-order valence-corrected chi connectivity index (χ2v) is 4.18. The number of carbonyl (C=O) groups is 1. The van der Waals surface area contributed by atoms with Gasteiger partial charge in [0.25, 0.3) is 5.69 Å². The van der Waals surface area contributed by atoms with Gasteiger partial charge in [0.1, 0.15) is 6.04 Å². The van der Waals surface area contributed by atoms with Gasteiger partial charge >= 0.3 is 5.97 Å². The smallest absolute Gasteiger partial charge is 0.320 e. The number of nitro groups is 1. The topological polar surface area (TPSA) is 111 Å². The molecule has 1 rings (SSSR count). The fraction of sp³-hybridized carbons (Fsp3) is 0.462. The molecule has 1 aromatic carbocycles. The van der Waals surface area contributed by atoms with Crippen LogP contribution in [0.25, 0.3) is 0 Å². The fourth-order valence-corrected chi connectivity index (χ4v) is 1.74. The third kappa shape index (κ3) is 4.92. The van der Waals surface area contributed by atoms with E-state index in [0.717, 1.165) is 0 Å². The van der Waals surface area contributed by atoms with Gasteiger partial charge < -0.3 is 19.9 Å². The minimum absolute atomic E-state index is 0.0987. The number of hydrogen-bond donors (Lipinski definition) is 2. The van der Waals surface area contributed by atoms with Gasteiger partial charge in [0, 0.05) is 12.5 Å². The van der Waals surface area contributed by atoms with Gasteiger partial charge in [0.15, 0.2) is 11.5 Å². The Morgan fingerprint density at radius 1 is 1.48 bits per heavy atom. The van der Waals surface area contributed by atoms with E-state index in [4.69, 9.17) is 14.6 Å². The Labute approximate surface area is 121 Å². The molecule has 0 saturated carbocycles. The van der Waals surface area contributed by atoms with Crippen LogP contribution in [0.2, 0.25) is 0 Å². The lowest BCUT2D eigenvalue weighted by Crippen LogP contribution is -2.37. The van der Waals surface area contributed by atoms with Crippen LogP contribution in [0.4, 0.5) is 5.69 Å². The Balaban J connectivity index is 2.71. The van der Waals surface area contributed by atoms with Gasteiger partial charge in [-0.3, -0.25) is 14.9 Å². The molecule has 0 aliphatic carbocycles. The molecule has 0 saturated heterocycles. The third-order valence-electron chi connectivity index (χ3n) is 2.77. The van der Waals surface area contributed by atoms with Gasteiger partial charge in [-0.1, -0.05) is 6.92 Å². The Kier molecular flexibility index (Phi) is 6.41. The number of carboxylic acids is 1. The summed E-state index contributed by atoms with van der Waals surface area (Å²) in [6, 6.07) is 3.28. The van der Waals surface area contributed by atoms with Crippen LogP contribution < -0.4 is 14.8 Å². The molecule has 1 aromatic rings. The first-order valence-electron chi connectivity index (χ1n) is 6.41. The highest BCUT2D eigenvalue weighted by Gasteiger charge is 2.17. The van der Waals surface area contributed by atoms with Crippen LogP contribution in [0.5, 0.6) is 11.5 Å². The minimum Gasteiger partial charge on any atom is -0.493 e. The van der Waals surface area contributed by atoms with Crippen molar-refractivity contribution in [1.82, 2.24) is 5.32 Å². The van der Waals surface area contributed by atoms with Crippen molar-refractivity contribution in [2.24, 2.45) is 0 Å². The summed E-state index contributed by atoms with van der Waals surface area (Å²) in [7, 11) is 1.42. The first-order chi connectivity index (χ1) is 9.99. The molecule has 0 bridgehead atoms. The Bertz CT molecular complexity index is 505. The Morgan fingerprint density at radius 2 is 2.19 bits per heavy atom. The van der Waals surface area contributed by atoms with Gasteiger partial charge in [0.05, 0.1) is 24.7 Å². The summed E-state index contributed by atoms with van der Waals surface area (Å²) in [6.45, 7) is 2.43. The molecular formula is C13H18N2O6. The molecule has 8 nitrogen and oxygen atoms in total. The lowest BCUT2D eigenvalue weighted by molar-refractivity contribution is -0.385. The van der Waals surface area contributed by atoms with Gasteiger partial charge in [0.2, 0.25) is 0 Å². The van der Waals surface area contributed by atoms with E-state index in [9.17, 15) is 14.9 Å². The molecule has 0 aromatic heterocycles. The maximum atomic E-state index is 11.0. The van der Waals surface area contributed by atoms with Crippen LogP contribution in [0.1, 0.15) is 13.3 Å². The zero-order chi connectivity index (χ0) is 15.8. The first kappa shape index (κ1) is 16.7. The quantitative estimate of drug-likeness (QED) is 0.524. The maximum Gasteiger partial charge on any atom is 0.320 e. The average Bonchev–Trinajstić information content (AvgIpc) is 2.45. The Morgan fingerprint density at radius 3 is 2.71 bits per heavy atom. The van der Waals surface area contributed by atoms with Crippen LogP contribution in [0.15, 0.2) is 18.2 Å². The number of nitro benzene ring substituents is 1. The van der Waals surface area contributed by atoms with Crippen LogP contribution >= 0.6 is 0 Å². The van der Waals surface area contributed by atoms with Crippen molar-refractivity contribution in [3.05, 3.63) is 28.3 Å². The summed E-state index contributed by atoms with van der Waals surface area (Å²) in [4.78, 5) is 21.2. The number of hydrogen-bond acceptors (Lipinski definition) is 6. The molecule has 116 valence electrons. The average molecular weight is 298 g/mol. The highest BCUT2D eigenvalue weighted by molar-refractivity contribution is 5.73. The number of carboxylic acid groups (broad SMARTS) is 1. The number of methoxy groups -OCH3 is 1. The number of rotatable bonds is 9. The zero-order valence-corrected chi connectivity index (χ0v) is 11.9. The van der Waals surface area contributed by atoms with Crippen LogP contribution in [-0.2, 0) is 4.79 Å². The monoisotopic (exact) mass is 298 g/mol. The third-order valence-corrected chi connectivity index (χ3v) is 2.77. The molecule has 0 amide bonds. The lowest BCUT2D eigenvalue weighted by atomic mass is 10.2. The van der Waals surface area contributed by atoms with E-state index in [2.05, 4.69) is 5.32 Å². The van der Waals surface area contributed by atoms with Gasteiger partial charge in [-0.2, -0.15) is 0 Å². The largest absolute Gasteiger partial charge is 0.493 e. The van der Waals surface area contributed by atoms with E-state index in [1.54, 1.807) is 6.92 Å². The highest BCUT2D eigenvalue weighted by atomic mass is 16.6. The molecule has 2 N–H and O–H groups in total. The highest BCUT2D eigenvalue weighted by Crippen LogP contribution is 2.31. The molecule has 0 radical (unpaired) electrons. The number of benzene rings is 1. The van der Waals surface area contributed by atoms with E-state index in [-0.39, 0.29) is 24.5 Å². The second kappa shape index (κ2) is 8.05. The van der Waals surface area contributed by atoms with Gasteiger partial charge in [-0.25, -0.2) is 0 Å². The van der Waals surface area contributed by atoms with E-state index >= 15 is 0 Å². The van der Waals surface area contributed by atoms with Crippen molar-refractivity contribution in [2.75, 3.05) is 20.3 Å². The van der Waals surface area contributed by atoms with Crippen molar-refractivity contribution < 1.29 is 24.3 Å². The molecule has 8 heteroatoms. The predicted octanol–water partition coefficient (Wildman–Crippen LogP) is 1.44. The number of nitrogens with zero attached hydrogens (tertiary/aromatic N) is 1. The Hall–Kier alpha value is -2.35. The molecule has 0 aliphatic rings. The normalized spacial score (nSPS) is 11.7. The maximum absolute atomic E-state index is 11.0. The van der Waals surface area contributed by atoms with Crippen molar-refractivity contribution in [1.29, 1.82) is 0 Å². The molecule has 1 atom stereocenters. The minimum atomic E-state index is -0.966. The summed E-state index contributed by atoms with van der Waals surface area (Å²) < 4.78 is 10.5. The van der Waals surface area contributed by atoms with E-state index in [1.165, 1.54) is 25.3 Å². The van der Waals surface area contributed by atoms with Crippen LogP contribution in [0, 0.1) is 10.1 Å². The number of nitrogens with one attached hydrogen (secondary N) is 1. The summed E-state index contributed by atoms with van der Waals surface area (Å²) in [5, 5.41) is 22.5. The van der Waals surface area contributed by atoms with E-state index < -0.39 is 16.9 Å². The van der Waals surface area contributed by atoms with E-state index in [1.807, 2.05) is 0 Å². The number of ether oxygens (including phenoxy) is 2. The number of aliphatic carboxylic acids is 1. The van der Waals surface area contributed by atoms with Crippen LogP contribution in [0.3, 0.4) is 0 Å². The van der Waals surface area contributed by atoms with Gasteiger partial charge in [-0.15, -0.1) is 0 Å². The van der Waals surface area contributed by atoms with Crippen LogP contribution in [-0.4, -0.2) is 42.3 Å². The molecule has 0 aliphatic heterocycles. The molecule has 0 spiro atoms. The van der Waals surface area contributed by atoms with Crippen molar-refractivity contribution >= 4 is 11.7 Å². The summed E-state index contributed by atoms with van der Waals surface area (Å²) >= 11 is 0. The lowest BCUT2D eigenvalue weighted by Gasteiger charge is -2.14. The molecule has 21 heavy (non-hydrogen) atoms. The summed E-state index contributed by atoms with van der Waals surface area (Å²) in [6.07, 6.45) is 0.231. The van der Waals surface area contributed by atoms with E-state index in [0.29, 0.717) is 12.3 Å². The number of likely N-dealkylation sites (N-methyl/N-ethyl adjacent to an activating group) is 1. The predicted molar refractivity (Wildman–Crippen MR) is 74.9 cm³/mol. The van der Waals surface area contributed by atoms with Crippen molar-refractivity contribution in [2.45, 2.75) is 19.4 Å². The van der Waals surface area contributed by atoms with Gasteiger partial charge in [-0.05, 0) is 12.6 Å². The standard InChI is InChI=1S/C13H18N2O6/c1-3-14-10(13(16)17)6-7-21-12-8-9(15(18)19)4-5-11(12)20-2/h4-5,8,10,14H,3,6-7H2,1-2H3,(H,16,17). The molecule has 0 fully saturated rings. The van der Waals surface area contributed by atoms with Crippen molar-refractivity contribution in [3.8, 4) is 11.5 Å².